The zero-order chi connectivity index (χ0) is 38.4. The molecule has 0 saturated heterocycles. The molecule has 13 heteroatoms. The normalized spacial score (nSPS) is 15.9. The molecule has 0 aliphatic heterocycles. The van der Waals surface area contributed by atoms with E-state index < -0.39 is 50.3 Å². The van der Waals surface area contributed by atoms with E-state index >= 15 is 0 Å². The first-order chi connectivity index (χ1) is 25.1. The number of sulfonamides is 1. The molecule has 0 radical (unpaired) electrons. The van der Waals surface area contributed by atoms with E-state index in [1.807, 2.05) is 70.3 Å². The van der Waals surface area contributed by atoms with Crippen LogP contribution in [0.15, 0.2) is 96.0 Å². The van der Waals surface area contributed by atoms with Gasteiger partial charge in [0.25, 0.3) is 0 Å². The smallest absolute Gasteiger partial charge is 0.244 e. The van der Waals surface area contributed by atoms with Crippen molar-refractivity contribution in [1.29, 1.82) is 0 Å². The van der Waals surface area contributed by atoms with Crippen molar-refractivity contribution in [3.63, 3.8) is 0 Å². The number of benzene rings is 3. The van der Waals surface area contributed by atoms with Gasteiger partial charge in [0.05, 0.1) is 29.1 Å². The number of aromatic nitrogens is 1. The van der Waals surface area contributed by atoms with Crippen molar-refractivity contribution < 1.29 is 27.5 Å². The summed E-state index contributed by atoms with van der Waals surface area (Å²) in [4.78, 5) is 32.0. The van der Waals surface area contributed by atoms with Gasteiger partial charge in [0.1, 0.15) is 11.9 Å². The summed E-state index contributed by atoms with van der Waals surface area (Å²) in [6, 6.07) is 22.0. The number of carbonyl (C=O) groups excluding carboxylic acids is 2. The van der Waals surface area contributed by atoms with Crippen LogP contribution in [0.1, 0.15) is 51.7 Å². The molecule has 1 fully saturated rings. The van der Waals surface area contributed by atoms with Gasteiger partial charge in [-0.2, -0.15) is 16.1 Å². The summed E-state index contributed by atoms with van der Waals surface area (Å²) in [6.07, 6.45) is 3.90. The Hall–Kier alpha value is -3.88. The number of carbonyl (C=O) groups is 2. The summed E-state index contributed by atoms with van der Waals surface area (Å²) in [7, 11) is -4.07. The first kappa shape index (κ1) is 40.3. The molecule has 10 nitrogen and oxygen atoms in total. The van der Waals surface area contributed by atoms with Gasteiger partial charge in [-0.25, -0.2) is 12.8 Å². The molecule has 284 valence electrons. The summed E-state index contributed by atoms with van der Waals surface area (Å²) in [5.74, 6) is -1.33. The zero-order valence-electron chi connectivity index (χ0n) is 30.9. The van der Waals surface area contributed by atoms with E-state index in [1.54, 1.807) is 36.5 Å². The van der Waals surface area contributed by atoms with Crippen LogP contribution in [0.25, 0.3) is 10.9 Å². The van der Waals surface area contributed by atoms with Gasteiger partial charge in [-0.1, -0.05) is 62.4 Å². The number of hydrogen-bond acceptors (Lipinski definition) is 8. The highest BCUT2D eigenvalue weighted by Crippen LogP contribution is 2.45. The Morgan fingerprint density at radius 3 is 2.38 bits per heavy atom. The van der Waals surface area contributed by atoms with Crippen molar-refractivity contribution in [2.75, 3.05) is 25.9 Å². The topological polar surface area (TPSA) is 141 Å². The highest BCUT2D eigenvalue weighted by atomic mass is 32.2. The van der Waals surface area contributed by atoms with Crippen LogP contribution < -0.4 is 16.0 Å². The highest BCUT2D eigenvalue weighted by molar-refractivity contribution is 8.00. The Balaban J connectivity index is 1.36. The minimum Gasteiger partial charge on any atom is -0.390 e. The van der Waals surface area contributed by atoms with Crippen molar-refractivity contribution in [2.24, 2.45) is 5.92 Å². The summed E-state index contributed by atoms with van der Waals surface area (Å²) in [5.41, 5.74) is 1.77. The predicted molar refractivity (Wildman–Crippen MR) is 208 cm³/mol. The fourth-order valence-corrected chi connectivity index (χ4v) is 8.47. The van der Waals surface area contributed by atoms with Gasteiger partial charge in [0.2, 0.25) is 21.8 Å². The van der Waals surface area contributed by atoms with Crippen LogP contribution in [0.2, 0.25) is 0 Å². The number of aliphatic hydroxyl groups excluding tert-OH is 1. The summed E-state index contributed by atoms with van der Waals surface area (Å²) in [6.45, 7) is 7.27. The third kappa shape index (κ3) is 10.2. The number of thioether (sulfide) groups is 1. The van der Waals surface area contributed by atoms with E-state index in [-0.39, 0.29) is 42.7 Å². The minimum absolute atomic E-state index is 0.0625. The number of rotatable bonds is 18. The fraction of sp³-hybridized carbons (Fsp3) is 0.425. The van der Waals surface area contributed by atoms with Gasteiger partial charge >= 0.3 is 0 Å². The van der Waals surface area contributed by atoms with Crippen LogP contribution in [0.4, 0.5) is 4.39 Å². The minimum atomic E-state index is -4.07. The lowest BCUT2D eigenvalue weighted by molar-refractivity contribution is -0.130. The molecule has 2 amide bonds. The van der Waals surface area contributed by atoms with Gasteiger partial charge in [-0.15, -0.1) is 0 Å². The van der Waals surface area contributed by atoms with Crippen molar-refractivity contribution in [3.05, 3.63) is 108 Å². The molecule has 0 spiro atoms. The number of fused-ring (bicyclic) bond motifs is 1. The molecule has 0 bridgehead atoms. The van der Waals surface area contributed by atoms with E-state index in [4.69, 9.17) is 0 Å². The van der Waals surface area contributed by atoms with Crippen LogP contribution in [0, 0.1) is 11.7 Å². The van der Waals surface area contributed by atoms with E-state index in [9.17, 15) is 27.5 Å². The molecule has 1 unspecified atom stereocenters. The largest absolute Gasteiger partial charge is 0.390 e. The maximum Gasteiger partial charge on any atom is 0.244 e. The Labute approximate surface area is 316 Å². The molecular weight excluding hydrogens is 714 g/mol. The molecule has 3 atom stereocenters. The van der Waals surface area contributed by atoms with Crippen molar-refractivity contribution in [2.45, 2.75) is 80.3 Å². The number of amides is 2. The van der Waals surface area contributed by atoms with E-state index in [0.717, 1.165) is 24.0 Å². The van der Waals surface area contributed by atoms with Crippen LogP contribution in [0.5, 0.6) is 0 Å². The number of aliphatic hydroxyl groups is 1. The average molecular weight is 764 g/mol. The SMILES string of the molecule is CSC(C)(C)C(NC(=O)CNC1(c2cccc(F)c2)CC1)C(=O)N[C@@H](Cc1ccccc1)[C@H](O)CN(CC(C)C)S(=O)(=O)c1ccc2ncccc2c1. The maximum absolute atomic E-state index is 14.2. The zero-order valence-corrected chi connectivity index (χ0v) is 32.5. The molecule has 5 rings (SSSR count). The quantitative estimate of drug-likeness (QED) is 0.111. The molecule has 1 aromatic heterocycles. The van der Waals surface area contributed by atoms with E-state index in [1.165, 1.54) is 34.3 Å². The second-order valence-electron chi connectivity index (χ2n) is 14.7. The molecule has 53 heavy (non-hydrogen) atoms. The molecule has 4 aromatic rings. The van der Waals surface area contributed by atoms with Crippen LogP contribution in [-0.2, 0) is 31.6 Å². The monoisotopic (exact) mass is 763 g/mol. The van der Waals surface area contributed by atoms with Gasteiger partial charge in [-0.3, -0.25) is 19.9 Å². The Kier molecular flexibility index (Phi) is 13.0. The number of halogens is 1. The number of hydrogen-bond donors (Lipinski definition) is 4. The lowest BCUT2D eigenvalue weighted by Crippen LogP contribution is -2.61. The molecule has 1 aliphatic rings. The maximum atomic E-state index is 14.2. The lowest BCUT2D eigenvalue weighted by Gasteiger charge is -2.35. The second-order valence-corrected chi connectivity index (χ2v) is 18.1. The summed E-state index contributed by atoms with van der Waals surface area (Å²) >= 11 is 1.41. The average Bonchev–Trinajstić information content (AvgIpc) is 3.93. The Bertz CT molecular complexity index is 1990. The molecule has 4 N–H and O–H groups in total. The van der Waals surface area contributed by atoms with Crippen LogP contribution in [0.3, 0.4) is 0 Å². The van der Waals surface area contributed by atoms with Crippen molar-refractivity contribution in [3.8, 4) is 0 Å². The van der Waals surface area contributed by atoms with Crippen LogP contribution in [-0.4, -0.2) is 83.5 Å². The van der Waals surface area contributed by atoms with Gasteiger partial charge in [-0.05, 0) is 92.8 Å². The number of nitrogens with one attached hydrogen (secondary N) is 3. The van der Waals surface area contributed by atoms with Gasteiger partial charge < -0.3 is 15.7 Å². The third-order valence-corrected chi connectivity index (χ3v) is 12.9. The molecule has 1 saturated carbocycles. The molecule has 3 aromatic carbocycles. The molecule has 1 aliphatic carbocycles. The van der Waals surface area contributed by atoms with Crippen molar-refractivity contribution >= 4 is 44.5 Å². The molecular formula is C40H50FN5O5S2. The first-order valence-corrected chi connectivity index (χ1v) is 20.5. The first-order valence-electron chi connectivity index (χ1n) is 17.9. The third-order valence-electron chi connectivity index (χ3n) is 9.77. The van der Waals surface area contributed by atoms with Gasteiger partial charge in [0, 0.05) is 35.0 Å². The predicted octanol–water partition coefficient (Wildman–Crippen LogP) is 5.01. The van der Waals surface area contributed by atoms with Crippen molar-refractivity contribution in [1.82, 2.24) is 25.2 Å². The lowest BCUT2D eigenvalue weighted by atomic mass is 9.97. The Morgan fingerprint density at radius 2 is 1.72 bits per heavy atom. The molecule has 1 heterocycles. The summed E-state index contributed by atoms with van der Waals surface area (Å²) in [5, 5.41) is 21.7. The summed E-state index contributed by atoms with van der Waals surface area (Å²) < 4.78 is 42.7. The Morgan fingerprint density at radius 1 is 0.981 bits per heavy atom. The second kappa shape index (κ2) is 17.1. The fourth-order valence-electron chi connectivity index (χ4n) is 6.41. The van der Waals surface area contributed by atoms with Gasteiger partial charge in [0.15, 0.2) is 0 Å². The van der Waals surface area contributed by atoms with Crippen LogP contribution >= 0.6 is 11.8 Å². The number of pyridine rings is 1. The number of nitrogens with zero attached hydrogens (tertiary/aromatic N) is 2. The van der Waals surface area contributed by atoms with E-state index in [2.05, 4.69) is 20.9 Å². The standard InChI is InChI=1S/C40H50FN5O5S2/c1-27(2)25-46(53(50,51)32-16-17-33-29(22-32)13-10-20-42-33)26-35(47)34(21-28-11-7-6-8-12-28)44-38(49)37(39(3,4)52-5)45-36(48)24-43-40(18-19-40)30-14-9-15-31(41)23-30/h6-17,20,22-23,27,34-35,37,43,47H,18-19,21,24-26H2,1-5H3,(H,44,49)(H,45,48)/t34-,35+,37?/m0/s1. The highest BCUT2D eigenvalue weighted by Gasteiger charge is 2.45. The van der Waals surface area contributed by atoms with E-state index in [0.29, 0.717) is 10.9 Å².